The molecule has 1 aromatic heterocycles. The van der Waals surface area contributed by atoms with Crippen molar-refractivity contribution in [2.45, 2.75) is 13.5 Å². The molecule has 0 bridgehead atoms. The van der Waals surface area contributed by atoms with Crippen LogP contribution in [0.4, 0.5) is 5.69 Å². The van der Waals surface area contributed by atoms with Crippen LogP contribution in [-0.2, 0) is 6.54 Å². The minimum atomic E-state index is 0.586. The Morgan fingerprint density at radius 1 is 1.18 bits per heavy atom. The number of rotatable bonds is 7. The third-order valence-corrected chi connectivity index (χ3v) is 4.17. The van der Waals surface area contributed by atoms with Gasteiger partial charge >= 0.3 is 0 Å². The molecule has 2 N–H and O–H groups in total. The summed E-state index contributed by atoms with van der Waals surface area (Å²) in [5, 5.41) is 6.63. The second-order valence-corrected chi connectivity index (χ2v) is 5.95. The zero-order chi connectivity index (χ0) is 19.8. The third kappa shape index (κ3) is 4.62. The lowest BCUT2D eigenvalue weighted by Crippen LogP contribution is -2.30. The van der Waals surface area contributed by atoms with Crippen molar-refractivity contribution in [3.63, 3.8) is 0 Å². The highest BCUT2D eigenvalue weighted by Crippen LogP contribution is 2.30. The summed E-state index contributed by atoms with van der Waals surface area (Å²) in [4.78, 5) is 8.44. The lowest BCUT2D eigenvalue weighted by molar-refractivity contribution is 0.311. The van der Waals surface area contributed by atoms with E-state index in [1.54, 1.807) is 26.7 Å². The largest absolute Gasteiger partial charge is 0.493 e. The molecule has 146 valence electrons. The SMILES string of the molecule is CCOc1ccc(NC(=NC)NCc2ccccc2-n2ccnc2)cc1OC. The average molecular weight is 379 g/mol. The highest BCUT2D eigenvalue weighted by Gasteiger charge is 2.08. The van der Waals surface area contributed by atoms with Crippen LogP contribution >= 0.6 is 0 Å². The summed E-state index contributed by atoms with van der Waals surface area (Å²) < 4.78 is 13.0. The van der Waals surface area contributed by atoms with Gasteiger partial charge in [-0.15, -0.1) is 0 Å². The normalized spacial score (nSPS) is 11.2. The van der Waals surface area contributed by atoms with E-state index in [4.69, 9.17) is 9.47 Å². The highest BCUT2D eigenvalue weighted by molar-refractivity contribution is 5.93. The molecular formula is C21H25N5O2. The Labute approximate surface area is 165 Å². The number of aromatic nitrogens is 2. The molecule has 0 spiro atoms. The number of para-hydroxylation sites is 1. The van der Waals surface area contributed by atoms with Crippen LogP contribution < -0.4 is 20.1 Å². The second-order valence-electron chi connectivity index (χ2n) is 5.95. The van der Waals surface area contributed by atoms with E-state index in [-0.39, 0.29) is 0 Å². The standard InChI is InChI=1S/C21H25N5O2/c1-4-28-19-10-9-17(13-20(19)27-3)25-21(22-2)24-14-16-7-5-6-8-18(16)26-12-11-23-15-26/h5-13,15H,4,14H2,1-3H3,(H2,22,24,25). The third-order valence-electron chi connectivity index (χ3n) is 4.17. The van der Waals surface area contributed by atoms with Gasteiger partial charge in [0.2, 0.25) is 0 Å². The lowest BCUT2D eigenvalue weighted by Gasteiger charge is -2.16. The van der Waals surface area contributed by atoms with Crippen molar-refractivity contribution in [2.75, 3.05) is 26.1 Å². The van der Waals surface area contributed by atoms with E-state index >= 15 is 0 Å². The molecular weight excluding hydrogens is 354 g/mol. The van der Waals surface area contributed by atoms with Gasteiger partial charge in [-0.05, 0) is 30.7 Å². The quantitative estimate of drug-likeness (QED) is 0.486. The molecule has 0 saturated heterocycles. The van der Waals surface area contributed by atoms with E-state index in [2.05, 4.69) is 32.7 Å². The van der Waals surface area contributed by atoms with Crippen molar-refractivity contribution >= 4 is 11.6 Å². The predicted octanol–water partition coefficient (Wildman–Crippen LogP) is 3.47. The van der Waals surface area contributed by atoms with Crippen LogP contribution in [0.1, 0.15) is 12.5 Å². The second kappa shape index (κ2) is 9.45. The van der Waals surface area contributed by atoms with Crippen molar-refractivity contribution in [2.24, 2.45) is 4.99 Å². The Morgan fingerprint density at radius 2 is 2.04 bits per heavy atom. The van der Waals surface area contributed by atoms with Gasteiger partial charge in [-0.25, -0.2) is 4.98 Å². The zero-order valence-electron chi connectivity index (χ0n) is 16.3. The molecule has 3 aromatic rings. The van der Waals surface area contributed by atoms with Crippen molar-refractivity contribution < 1.29 is 9.47 Å². The number of methoxy groups -OCH3 is 1. The number of nitrogens with one attached hydrogen (secondary N) is 2. The summed E-state index contributed by atoms with van der Waals surface area (Å²) in [7, 11) is 3.37. The van der Waals surface area contributed by atoms with E-state index in [0.29, 0.717) is 30.6 Å². The first kappa shape index (κ1) is 19.3. The Hall–Kier alpha value is -3.48. The minimum Gasteiger partial charge on any atom is -0.493 e. The van der Waals surface area contributed by atoms with Crippen LogP contribution in [0, 0.1) is 0 Å². The van der Waals surface area contributed by atoms with Crippen molar-refractivity contribution in [1.82, 2.24) is 14.9 Å². The number of imidazole rings is 1. The fraction of sp³-hybridized carbons (Fsp3) is 0.238. The van der Waals surface area contributed by atoms with Crippen LogP contribution in [0.2, 0.25) is 0 Å². The number of nitrogens with zero attached hydrogens (tertiary/aromatic N) is 3. The van der Waals surface area contributed by atoms with Crippen LogP contribution in [-0.4, -0.2) is 36.3 Å². The van der Waals surface area contributed by atoms with Gasteiger partial charge in [-0.3, -0.25) is 4.99 Å². The van der Waals surface area contributed by atoms with Gasteiger partial charge < -0.3 is 24.7 Å². The summed E-state index contributed by atoms with van der Waals surface area (Å²) >= 11 is 0. The highest BCUT2D eigenvalue weighted by atomic mass is 16.5. The molecule has 0 radical (unpaired) electrons. The molecule has 7 heteroatoms. The Balaban J connectivity index is 1.70. The topological polar surface area (TPSA) is 72.7 Å². The number of ether oxygens (including phenoxy) is 2. The van der Waals surface area contributed by atoms with Gasteiger partial charge in [-0.1, -0.05) is 18.2 Å². The Kier molecular flexibility index (Phi) is 6.51. The monoisotopic (exact) mass is 379 g/mol. The van der Waals surface area contributed by atoms with E-state index in [9.17, 15) is 0 Å². The minimum absolute atomic E-state index is 0.586. The number of guanidine groups is 1. The number of benzene rings is 2. The lowest BCUT2D eigenvalue weighted by atomic mass is 10.1. The fourth-order valence-corrected chi connectivity index (χ4v) is 2.83. The van der Waals surface area contributed by atoms with Gasteiger partial charge in [0.25, 0.3) is 0 Å². The smallest absolute Gasteiger partial charge is 0.195 e. The molecule has 0 amide bonds. The van der Waals surface area contributed by atoms with Crippen LogP contribution in [0.15, 0.2) is 66.2 Å². The molecule has 0 aliphatic heterocycles. The van der Waals surface area contributed by atoms with E-state index in [1.807, 2.05) is 48.0 Å². The van der Waals surface area contributed by atoms with E-state index in [0.717, 1.165) is 16.9 Å². The van der Waals surface area contributed by atoms with Gasteiger partial charge in [0, 0.05) is 37.7 Å². The Morgan fingerprint density at radius 3 is 2.75 bits per heavy atom. The average Bonchev–Trinajstić information content (AvgIpc) is 3.27. The first-order chi connectivity index (χ1) is 13.7. The molecule has 0 saturated carbocycles. The van der Waals surface area contributed by atoms with Gasteiger partial charge in [-0.2, -0.15) is 0 Å². The van der Waals surface area contributed by atoms with Crippen LogP contribution in [0.3, 0.4) is 0 Å². The van der Waals surface area contributed by atoms with Crippen LogP contribution in [0.25, 0.3) is 5.69 Å². The van der Waals surface area contributed by atoms with Crippen molar-refractivity contribution in [1.29, 1.82) is 0 Å². The zero-order valence-corrected chi connectivity index (χ0v) is 16.3. The summed E-state index contributed by atoms with van der Waals surface area (Å²) in [5.74, 6) is 2.05. The molecule has 0 atom stereocenters. The maximum Gasteiger partial charge on any atom is 0.195 e. The number of anilines is 1. The molecule has 7 nitrogen and oxygen atoms in total. The summed E-state index contributed by atoms with van der Waals surface area (Å²) in [6.07, 6.45) is 5.49. The first-order valence-corrected chi connectivity index (χ1v) is 9.10. The first-order valence-electron chi connectivity index (χ1n) is 9.10. The van der Waals surface area contributed by atoms with Crippen molar-refractivity contribution in [3.05, 3.63) is 66.7 Å². The molecule has 0 unspecified atom stereocenters. The molecule has 3 rings (SSSR count). The number of hydrogen-bond donors (Lipinski definition) is 2. The predicted molar refractivity (Wildman–Crippen MR) is 112 cm³/mol. The summed E-state index contributed by atoms with van der Waals surface area (Å²) in [6, 6.07) is 13.9. The maximum absolute atomic E-state index is 5.56. The van der Waals surface area contributed by atoms with E-state index in [1.165, 1.54) is 0 Å². The molecule has 1 heterocycles. The molecule has 0 aliphatic rings. The number of hydrogen-bond acceptors (Lipinski definition) is 4. The number of aliphatic imine (C=N–C) groups is 1. The summed E-state index contributed by atoms with van der Waals surface area (Å²) in [5.41, 5.74) is 3.06. The Bertz CT molecular complexity index is 922. The van der Waals surface area contributed by atoms with Crippen molar-refractivity contribution in [3.8, 4) is 17.2 Å². The van der Waals surface area contributed by atoms with Crippen LogP contribution in [0.5, 0.6) is 11.5 Å². The van der Waals surface area contributed by atoms with E-state index < -0.39 is 0 Å². The van der Waals surface area contributed by atoms with Gasteiger partial charge in [0.05, 0.1) is 25.7 Å². The fourth-order valence-electron chi connectivity index (χ4n) is 2.83. The molecule has 2 aromatic carbocycles. The van der Waals surface area contributed by atoms with Gasteiger partial charge in [0.1, 0.15) is 0 Å². The maximum atomic E-state index is 5.56. The molecule has 0 fully saturated rings. The summed E-state index contributed by atoms with van der Waals surface area (Å²) in [6.45, 7) is 3.14. The molecule has 0 aliphatic carbocycles. The van der Waals surface area contributed by atoms with Gasteiger partial charge in [0.15, 0.2) is 17.5 Å². The molecule has 28 heavy (non-hydrogen) atoms.